The first-order chi connectivity index (χ1) is 16.2. The van der Waals surface area contributed by atoms with Crippen molar-refractivity contribution in [1.82, 2.24) is 24.5 Å². The minimum absolute atomic E-state index is 0.0639. The number of hydrogen-bond donors (Lipinski definition) is 1. The fraction of sp³-hybridized carbons (Fsp3) is 0.280. The van der Waals surface area contributed by atoms with Gasteiger partial charge in [0.2, 0.25) is 5.91 Å². The Balaban J connectivity index is 1.35. The minimum Gasteiger partial charge on any atom is -0.366 e. The summed E-state index contributed by atoms with van der Waals surface area (Å²) >= 11 is 3.58. The highest BCUT2D eigenvalue weighted by molar-refractivity contribution is 9.10. The Morgan fingerprint density at radius 3 is 3.09 bits per heavy atom. The van der Waals surface area contributed by atoms with Crippen molar-refractivity contribution >= 4 is 33.3 Å². The molecule has 1 unspecified atom stereocenters. The third-order valence-corrected chi connectivity index (χ3v) is 6.60. The molecule has 0 spiro atoms. The lowest BCUT2D eigenvalue weighted by molar-refractivity contribution is -0.127. The van der Waals surface area contributed by atoms with E-state index in [1.165, 1.54) is 5.57 Å². The van der Waals surface area contributed by atoms with Crippen LogP contribution in [-0.4, -0.2) is 43.5 Å². The van der Waals surface area contributed by atoms with E-state index in [9.17, 15) is 4.79 Å². The van der Waals surface area contributed by atoms with Crippen LogP contribution in [-0.2, 0) is 11.3 Å². The normalized spacial score (nSPS) is 18.3. The molecular formula is C25H25BrN6O. The van der Waals surface area contributed by atoms with Gasteiger partial charge < -0.3 is 10.2 Å². The van der Waals surface area contributed by atoms with Crippen molar-refractivity contribution in [2.45, 2.75) is 31.7 Å². The van der Waals surface area contributed by atoms with Crippen LogP contribution in [0.3, 0.4) is 0 Å². The average molecular weight is 505 g/mol. The molecule has 1 aliphatic heterocycles. The highest BCUT2D eigenvalue weighted by atomic mass is 79.9. The van der Waals surface area contributed by atoms with Gasteiger partial charge in [-0.15, -0.1) is 0 Å². The molecule has 168 valence electrons. The van der Waals surface area contributed by atoms with E-state index < -0.39 is 0 Å². The number of likely N-dealkylation sites (tertiary alicyclic amines) is 1. The van der Waals surface area contributed by atoms with Gasteiger partial charge in [-0.05, 0) is 52.4 Å². The molecule has 7 nitrogen and oxygen atoms in total. The van der Waals surface area contributed by atoms with Crippen molar-refractivity contribution in [3.63, 3.8) is 0 Å². The van der Waals surface area contributed by atoms with Crippen LogP contribution >= 0.6 is 15.9 Å². The second-order valence-corrected chi connectivity index (χ2v) is 9.19. The van der Waals surface area contributed by atoms with E-state index in [0.29, 0.717) is 13.1 Å². The van der Waals surface area contributed by atoms with Crippen molar-refractivity contribution in [2.75, 3.05) is 18.4 Å². The van der Waals surface area contributed by atoms with Gasteiger partial charge in [-0.2, -0.15) is 9.61 Å². The highest BCUT2D eigenvalue weighted by Crippen LogP contribution is 2.30. The van der Waals surface area contributed by atoms with Crippen molar-refractivity contribution in [3.8, 4) is 0 Å². The predicted octanol–water partition coefficient (Wildman–Crippen LogP) is 4.65. The monoisotopic (exact) mass is 504 g/mol. The number of carbonyl (C=O) groups is 1. The number of pyridine rings is 1. The maximum atomic E-state index is 12.8. The molecule has 1 saturated heterocycles. The molecule has 3 aromatic heterocycles. The van der Waals surface area contributed by atoms with Gasteiger partial charge >= 0.3 is 0 Å². The van der Waals surface area contributed by atoms with E-state index in [0.717, 1.165) is 53.0 Å². The maximum absolute atomic E-state index is 12.8. The third kappa shape index (κ3) is 4.90. The molecule has 33 heavy (non-hydrogen) atoms. The quantitative estimate of drug-likeness (QED) is 0.494. The van der Waals surface area contributed by atoms with E-state index in [-0.39, 0.29) is 11.8 Å². The summed E-state index contributed by atoms with van der Waals surface area (Å²) in [5, 5.41) is 7.95. The molecule has 5 rings (SSSR count). The topological polar surface area (TPSA) is 75.4 Å². The van der Waals surface area contributed by atoms with Crippen LogP contribution in [0.4, 0.5) is 5.82 Å². The summed E-state index contributed by atoms with van der Waals surface area (Å²) in [6.45, 7) is 2.08. The lowest BCUT2D eigenvalue weighted by Crippen LogP contribution is -2.38. The Morgan fingerprint density at radius 2 is 2.27 bits per heavy atom. The number of hydrogen-bond acceptors (Lipinski definition) is 5. The Kier molecular flexibility index (Phi) is 6.35. The van der Waals surface area contributed by atoms with E-state index in [1.54, 1.807) is 18.5 Å². The van der Waals surface area contributed by atoms with Gasteiger partial charge in [0.15, 0.2) is 5.65 Å². The molecule has 4 heterocycles. The zero-order valence-corrected chi connectivity index (χ0v) is 19.8. The second-order valence-electron chi connectivity index (χ2n) is 8.34. The number of piperidine rings is 1. The lowest BCUT2D eigenvalue weighted by Gasteiger charge is -2.32. The molecule has 1 atom stereocenters. The van der Waals surface area contributed by atoms with Gasteiger partial charge in [-0.25, -0.2) is 4.98 Å². The van der Waals surface area contributed by atoms with Gasteiger partial charge in [-0.3, -0.25) is 9.78 Å². The smallest absolute Gasteiger partial charge is 0.246 e. The van der Waals surface area contributed by atoms with Crippen LogP contribution in [0.2, 0.25) is 0 Å². The van der Waals surface area contributed by atoms with E-state index in [4.69, 9.17) is 4.98 Å². The molecule has 2 aliphatic rings. The highest BCUT2D eigenvalue weighted by Gasteiger charge is 2.26. The number of rotatable bonds is 6. The van der Waals surface area contributed by atoms with E-state index in [2.05, 4.69) is 43.5 Å². The zero-order chi connectivity index (χ0) is 22.6. The number of amides is 1. The molecule has 1 fully saturated rings. The number of anilines is 1. The largest absolute Gasteiger partial charge is 0.366 e. The van der Waals surface area contributed by atoms with Crippen LogP contribution in [0.5, 0.6) is 0 Å². The van der Waals surface area contributed by atoms with Crippen LogP contribution in [0, 0.1) is 0 Å². The Hall–Kier alpha value is -3.26. The molecule has 1 aliphatic carbocycles. The number of nitrogens with zero attached hydrogens (tertiary/aromatic N) is 5. The van der Waals surface area contributed by atoms with Crippen LogP contribution in [0.15, 0.2) is 77.2 Å². The standard InChI is InChI=1S/C25H25BrN6O/c26-21-16-29-32-23(28-15-19-7-3-11-27-14-19)13-22(30-25(21)32)20-8-4-12-31(17-20)24(33)10-9-18-5-1-2-6-18/h1-3,5,7,9-11,13-14,16,20,28H,4,6,8,12,15,17H2/b10-9+. The van der Waals surface area contributed by atoms with Gasteiger partial charge in [0.05, 0.1) is 16.4 Å². The number of aromatic nitrogens is 4. The molecule has 8 heteroatoms. The number of carbonyl (C=O) groups excluding carboxylic acids is 1. The molecule has 0 saturated carbocycles. The molecule has 1 N–H and O–H groups in total. The minimum atomic E-state index is 0.0639. The fourth-order valence-corrected chi connectivity index (χ4v) is 4.62. The number of fused-ring (bicyclic) bond motifs is 1. The molecule has 0 bridgehead atoms. The Morgan fingerprint density at radius 1 is 1.33 bits per heavy atom. The molecular weight excluding hydrogens is 480 g/mol. The maximum Gasteiger partial charge on any atom is 0.246 e. The summed E-state index contributed by atoms with van der Waals surface area (Å²) in [4.78, 5) is 23.8. The van der Waals surface area contributed by atoms with Crippen molar-refractivity contribution in [3.05, 3.63) is 88.5 Å². The SMILES string of the molecule is O=C(/C=C/C1=CC=CC1)N1CCCC(c2cc(NCc3cccnc3)n3ncc(Br)c3n2)C1. The van der Waals surface area contributed by atoms with Gasteiger partial charge in [0.25, 0.3) is 0 Å². The van der Waals surface area contributed by atoms with Gasteiger partial charge in [0, 0.05) is 50.1 Å². The second kappa shape index (κ2) is 9.70. The zero-order valence-electron chi connectivity index (χ0n) is 18.2. The summed E-state index contributed by atoms with van der Waals surface area (Å²) < 4.78 is 2.65. The third-order valence-electron chi connectivity index (χ3n) is 6.04. The van der Waals surface area contributed by atoms with Gasteiger partial charge in [-0.1, -0.05) is 30.4 Å². The molecule has 0 aromatic carbocycles. The Labute approximate surface area is 201 Å². The predicted molar refractivity (Wildman–Crippen MR) is 132 cm³/mol. The fourth-order valence-electron chi connectivity index (χ4n) is 4.28. The summed E-state index contributed by atoms with van der Waals surface area (Å²) in [5.74, 6) is 1.11. The van der Waals surface area contributed by atoms with E-state index >= 15 is 0 Å². The number of allylic oxidation sites excluding steroid dienone is 5. The van der Waals surface area contributed by atoms with Crippen molar-refractivity contribution in [1.29, 1.82) is 0 Å². The van der Waals surface area contributed by atoms with Crippen molar-refractivity contribution < 1.29 is 4.79 Å². The van der Waals surface area contributed by atoms with Crippen LogP contribution in [0.1, 0.15) is 36.4 Å². The number of nitrogens with one attached hydrogen (secondary N) is 1. The van der Waals surface area contributed by atoms with Crippen LogP contribution in [0.25, 0.3) is 5.65 Å². The van der Waals surface area contributed by atoms with Crippen LogP contribution < -0.4 is 5.32 Å². The number of halogens is 1. The van der Waals surface area contributed by atoms with Gasteiger partial charge in [0.1, 0.15) is 5.82 Å². The summed E-state index contributed by atoms with van der Waals surface area (Å²) in [6.07, 6.45) is 18.0. The molecule has 1 amide bonds. The molecule has 0 radical (unpaired) electrons. The Bertz CT molecular complexity index is 1250. The first-order valence-corrected chi connectivity index (χ1v) is 12.0. The lowest BCUT2D eigenvalue weighted by atomic mass is 9.94. The van der Waals surface area contributed by atoms with Crippen molar-refractivity contribution in [2.24, 2.45) is 0 Å². The molecule has 3 aromatic rings. The summed E-state index contributed by atoms with van der Waals surface area (Å²) in [6, 6.07) is 6.03. The first kappa shape index (κ1) is 21.6. The van der Waals surface area contributed by atoms with E-state index in [1.807, 2.05) is 46.0 Å². The summed E-state index contributed by atoms with van der Waals surface area (Å²) in [5.41, 5.74) is 4.00. The average Bonchev–Trinajstić information content (AvgIpc) is 3.52. The first-order valence-electron chi connectivity index (χ1n) is 11.2. The summed E-state index contributed by atoms with van der Waals surface area (Å²) in [7, 11) is 0.